The van der Waals surface area contributed by atoms with Crippen molar-refractivity contribution in [2.45, 2.75) is 52.9 Å². The number of aryl methyl sites for hydroxylation is 1. The van der Waals surface area contributed by atoms with Crippen molar-refractivity contribution in [3.05, 3.63) is 65.9 Å². The van der Waals surface area contributed by atoms with Crippen molar-refractivity contribution >= 4 is 5.91 Å². The lowest BCUT2D eigenvalue weighted by atomic mass is 10.2. The summed E-state index contributed by atoms with van der Waals surface area (Å²) < 4.78 is 17.0. The SMILES string of the molecule is CCCCN(CCCC)CCCNC(=O)c1c(C)nn(-c2ccc(F)cc2)c1-n1cccc1. The highest BCUT2D eigenvalue weighted by atomic mass is 19.1. The Hall–Kier alpha value is -2.93. The standard InChI is InChI=1S/C26H36FN5O/c1-4-6-16-30(17-7-5-2)18-10-15-28-25(33)24-21(3)29-32(23-13-11-22(27)12-14-23)26(24)31-19-8-9-20-31/h8-9,11-14,19-20H,4-7,10,15-18H2,1-3H3,(H,28,33). The summed E-state index contributed by atoms with van der Waals surface area (Å²) in [7, 11) is 0. The molecule has 1 aromatic carbocycles. The number of benzene rings is 1. The zero-order valence-corrected chi connectivity index (χ0v) is 20.1. The molecule has 33 heavy (non-hydrogen) atoms. The van der Waals surface area contributed by atoms with E-state index < -0.39 is 0 Å². The van der Waals surface area contributed by atoms with Gasteiger partial charge in [0.1, 0.15) is 11.4 Å². The number of hydrogen-bond acceptors (Lipinski definition) is 3. The van der Waals surface area contributed by atoms with Crippen LogP contribution in [0.25, 0.3) is 11.5 Å². The van der Waals surface area contributed by atoms with Gasteiger partial charge in [0.25, 0.3) is 5.91 Å². The van der Waals surface area contributed by atoms with E-state index in [1.807, 2.05) is 36.0 Å². The van der Waals surface area contributed by atoms with E-state index in [1.54, 1.807) is 16.8 Å². The van der Waals surface area contributed by atoms with Crippen LogP contribution in [0.4, 0.5) is 4.39 Å². The molecule has 1 amide bonds. The molecule has 0 saturated carbocycles. The summed E-state index contributed by atoms with van der Waals surface area (Å²) in [6.45, 7) is 10.1. The van der Waals surface area contributed by atoms with Gasteiger partial charge in [-0.3, -0.25) is 4.79 Å². The molecule has 178 valence electrons. The number of carbonyl (C=O) groups excluding carboxylic acids is 1. The lowest BCUT2D eigenvalue weighted by Gasteiger charge is -2.22. The fraction of sp³-hybridized carbons (Fsp3) is 0.462. The van der Waals surface area contributed by atoms with E-state index >= 15 is 0 Å². The highest BCUT2D eigenvalue weighted by Gasteiger charge is 2.23. The second kappa shape index (κ2) is 12.3. The smallest absolute Gasteiger partial charge is 0.256 e. The summed E-state index contributed by atoms with van der Waals surface area (Å²) in [6.07, 6.45) is 9.47. The molecule has 3 rings (SSSR count). The molecule has 0 saturated heterocycles. The Bertz CT molecular complexity index is 987. The van der Waals surface area contributed by atoms with Crippen LogP contribution < -0.4 is 5.32 Å². The topological polar surface area (TPSA) is 55.1 Å². The fourth-order valence-corrected chi connectivity index (χ4v) is 3.95. The number of carbonyl (C=O) groups is 1. The number of halogens is 1. The second-order valence-electron chi connectivity index (χ2n) is 8.42. The molecule has 0 unspecified atom stereocenters. The van der Waals surface area contributed by atoms with Crippen molar-refractivity contribution in [3.8, 4) is 11.5 Å². The van der Waals surface area contributed by atoms with Crippen LogP contribution in [0.15, 0.2) is 48.8 Å². The molecule has 0 fully saturated rings. The maximum Gasteiger partial charge on any atom is 0.256 e. The molecular formula is C26H36FN5O. The van der Waals surface area contributed by atoms with Gasteiger partial charge >= 0.3 is 0 Å². The third kappa shape index (κ3) is 6.54. The van der Waals surface area contributed by atoms with Gasteiger partial charge < -0.3 is 14.8 Å². The van der Waals surface area contributed by atoms with Gasteiger partial charge in [-0.05, 0) is 82.2 Å². The molecule has 0 bridgehead atoms. The van der Waals surface area contributed by atoms with Gasteiger partial charge in [-0.15, -0.1) is 0 Å². The molecule has 1 N–H and O–H groups in total. The molecule has 6 nitrogen and oxygen atoms in total. The molecule has 0 aliphatic rings. The van der Waals surface area contributed by atoms with Crippen molar-refractivity contribution in [2.24, 2.45) is 0 Å². The predicted octanol–water partition coefficient (Wildman–Crippen LogP) is 5.13. The number of hydrogen-bond donors (Lipinski definition) is 1. The highest BCUT2D eigenvalue weighted by Crippen LogP contribution is 2.23. The Morgan fingerprint density at radius 1 is 1.00 bits per heavy atom. The van der Waals surface area contributed by atoms with Gasteiger partial charge in [0.15, 0.2) is 5.82 Å². The lowest BCUT2D eigenvalue weighted by molar-refractivity contribution is 0.0951. The number of rotatable bonds is 13. The lowest BCUT2D eigenvalue weighted by Crippen LogP contribution is -2.31. The molecule has 0 radical (unpaired) electrons. The minimum atomic E-state index is -0.310. The summed E-state index contributed by atoms with van der Waals surface area (Å²) in [4.78, 5) is 15.7. The van der Waals surface area contributed by atoms with E-state index in [9.17, 15) is 9.18 Å². The first-order chi connectivity index (χ1) is 16.0. The average Bonchev–Trinajstić information content (AvgIpc) is 3.46. The Labute approximate surface area is 196 Å². The molecule has 3 aromatic rings. The second-order valence-corrected chi connectivity index (χ2v) is 8.42. The summed E-state index contributed by atoms with van der Waals surface area (Å²) in [6, 6.07) is 9.93. The zero-order valence-electron chi connectivity index (χ0n) is 20.1. The number of unbranched alkanes of at least 4 members (excludes halogenated alkanes) is 2. The Morgan fingerprint density at radius 3 is 2.21 bits per heavy atom. The van der Waals surface area contributed by atoms with Gasteiger partial charge in [-0.1, -0.05) is 26.7 Å². The van der Waals surface area contributed by atoms with Crippen LogP contribution in [0.3, 0.4) is 0 Å². The zero-order chi connectivity index (χ0) is 23.6. The van der Waals surface area contributed by atoms with Gasteiger partial charge in [-0.2, -0.15) is 5.10 Å². The van der Waals surface area contributed by atoms with Gasteiger partial charge in [0, 0.05) is 18.9 Å². The van der Waals surface area contributed by atoms with E-state index in [0.29, 0.717) is 29.3 Å². The van der Waals surface area contributed by atoms with Crippen molar-refractivity contribution in [3.63, 3.8) is 0 Å². The molecule has 0 aliphatic heterocycles. The van der Waals surface area contributed by atoms with Crippen molar-refractivity contribution < 1.29 is 9.18 Å². The van der Waals surface area contributed by atoms with E-state index in [-0.39, 0.29) is 11.7 Å². The minimum Gasteiger partial charge on any atom is -0.352 e. The van der Waals surface area contributed by atoms with Crippen LogP contribution in [0.1, 0.15) is 62.0 Å². The maximum atomic E-state index is 13.5. The monoisotopic (exact) mass is 453 g/mol. The van der Waals surface area contributed by atoms with Crippen LogP contribution in [0, 0.1) is 12.7 Å². The summed E-state index contributed by atoms with van der Waals surface area (Å²) >= 11 is 0. The Morgan fingerprint density at radius 2 is 1.61 bits per heavy atom. The molecule has 7 heteroatoms. The average molecular weight is 454 g/mol. The first-order valence-electron chi connectivity index (χ1n) is 12.0. The first kappa shape index (κ1) is 24.7. The third-order valence-corrected chi connectivity index (χ3v) is 5.78. The van der Waals surface area contributed by atoms with Crippen LogP contribution in [0.2, 0.25) is 0 Å². The van der Waals surface area contributed by atoms with Gasteiger partial charge in [0.2, 0.25) is 0 Å². The number of nitrogens with one attached hydrogen (secondary N) is 1. The molecule has 2 heterocycles. The number of nitrogens with zero attached hydrogens (tertiary/aromatic N) is 4. The van der Waals surface area contributed by atoms with Crippen molar-refractivity contribution in [1.82, 2.24) is 24.6 Å². The minimum absolute atomic E-state index is 0.141. The number of amides is 1. The van der Waals surface area contributed by atoms with E-state index in [0.717, 1.165) is 26.1 Å². The Balaban J connectivity index is 1.73. The van der Waals surface area contributed by atoms with Crippen LogP contribution >= 0.6 is 0 Å². The largest absolute Gasteiger partial charge is 0.352 e. The summed E-state index contributed by atoms with van der Waals surface area (Å²) in [5.41, 5.74) is 1.86. The molecule has 0 atom stereocenters. The Kier molecular flexibility index (Phi) is 9.24. The molecule has 2 aromatic heterocycles. The maximum absolute atomic E-state index is 13.5. The van der Waals surface area contributed by atoms with Gasteiger partial charge in [-0.25, -0.2) is 9.07 Å². The molecule has 0 spiro atoms. The molecular weight excluding hydrogens is 417 g/mol. The van der Waals surface area contributed by atoms with Crippen molar-refractivity contribution in [2.75, 3.05) is 26.2 Å². The molecule has 0 aliphatic carbocycles. The summed E-state index contributed by atoms with van der Waals surface area (Å²) in [5, 5.41) is 7.71. The van der Waals surface area contributed by atoms with Crippen LogP contribution in [0.5, 0.6) is 0 Å². The quantitative estimate of drug-likeness (QED) is 0.365. The van der Waals surface area contributed by atoms with E-state index in [1.165, 1.54) is 37.8 Å². The van der Waals surface area contributed by atoms with Crippen LogP contribution in [-0.2, 0) is 0 Å². The fourth-order valence-electron chi connectivity index (χ4n) is 3.95. The summed E-state index contributed by atoms with van der Waals surface area (Å²) in [5.74, 6) is 0.197. The van der Waals surface area contributed by atoms with E-state index in [4.69, 9.17) is 0 Å². The normalized spacial score (nSPS) is 11.3. The van der Waals surface area contributed by atoms with E-state index in [2.05, 4.69) is 29.2 Å². The highest BCUT2D eigenvalue weighted by molar-refractivity contribution is 5.98. The van der Waals surface area contributed by atoms with Gasteiger partial charge in [0.05, 0.1) is 11.4 Å². The van der Waals surface area contributed by atoms with Crippen LogP contribution in [-0.4, -0.2) is 51.3 Å². The predicted molar refractivity (Wildman–Crippen MR) is 131 cm³/mol. The van der Waals surface area contributed by atoms with Crippen molar-refractivity contribution in [1.29, 1.82) is 0 Å². The number of aromatic nitrogens is 3. The first-order valence-corrected chi connectivity index (χ1v) is 12.0. The third-order valence-electron chi connectivity index (χ3n) is 5.78.